The van der Waals surface area contributed by atoms with Gasteiger partial charge in [0.15, 0.2) is 0 Å². The van der Waals surface area contributed by atoms with E-state index in [4.69, 9.17) is 14.2 Å². The average Bonchev–Trinajstić information content (AvgIpc) is 2.87. The first-order chi connectivity index (χ1) is 18.6. The Labute approximate surface area is 225 Å². The summed E-state index contributed by atoms with van der Waals surface area (Å²) < 4.78 is 20.1. The summed E-state index contributed by atoms with van der Waals surface area (Å²) in [4.78, 5) is 11.8. The number of fused-ring (bicyclic) bond motifs is 5. The summed E-state index contributed by atoms with van der Waals surface area (Å²) >= 11 is 0. The number of ether oxygens (including phenoxy) is 3. The van der Waals surface area contributed by atoms with Crippen LogP contribution in [0.3, 0.4) is 0 Å². The Hall–Kier alpha value is -4.39. The van der Waals surface area contributed by atoms with E-state index in [1.54, 1.807) is 30.3 Å². The number of benzene rings is 3. The van der Waals surface area contributed by atoms with Crippen LogP contribution >= 0.6 is 0 Å². The minimum absolute atomic E-state index is 0.0116. The first-order valence-electron chi connectivity index (χ1n) is 13.1. The van der Waals surface area contributed by atoms with Crippen LogP contribution in [0.15, 0.2) is 60.2 Å². The Morgan fingerprint density at radius 2 is 1.74 bits per heavy atom. The number of aldehydes is 1. The van der Waals surface area contributed by atoms with Crippen molar-refractivity contribution in [3.63, 3.8) is 0 Å². The molecular formula is C32H28O7. The predicted octanol–water partition coefficient (Wildman–Crippen LogP) is 6.27. The molecule has 1 aliphatic carbocycles. The van der Waals surface area contributed by atoms with Gasteiger partial charge in [-0.2, -0.15) is 0 Å². The minimum Gasteiger partial charge on any atom is -0.508 e. The van der Waals surface area contributed by atoms with Gasteiger partial charge >= 0.3 is 0 Å². The fourth-order valence-corrected chi connectivity index (χ4v) is 6.80. The lowest BCUT2D eigenvalue weighted by Crippen LogP contribution is -2.56. The minimum atomic E-state index is -1.46. The highest BCUT2D eigenvalue weighted by Crippen LogP contribution is 2.65. The molecule has 1 unspecified atom stereocenters. The van der Waals surface area contributed by atoms with Crippen molar-refractivity contribution in [3.8, 4) is 34.5 Å². The number of carbonyl (C=O) groups is 1. The van der Waals surface area contributed by atoms with Gasteiger partial charge in [0.25, 0.3) is 5.79 Å². The van der Waals surface area contributed by atoms with Crippen LogP contribution in [-0.2, 0) is 5.79 Å². The van der Waals surface area contributed by atoms with Crippen molar-refractivity contribution < 1.29 is 34.3 Å². The van der Waals surface area contributed by atoms with Crippen molar-refractivity contribution >= 4 is 12.4 Å². The molecule has 3 heterocycles. The molecule has 3 aromatic carbocycles. The lowest BCUT2D eigenvalue weighted by atomic mass is 9.61. The highest BCUT2D eigenvalue weighted by atomic mass is 16.7. The maximum Gasteiger partial charge on any atom is 0.285 e. The van der Waals surface area contributed by atoms with Crippen LogP contribution in [0.2, 0.25) is 0 Å². The van der Waals surface area contributed by atoms with E-state index in [0.717, 1.165) is 17.6 Å². The van der Waals surface area contributed by atoms with Crippen molar-refractivity contribution in [3.05, 3.63) is 88.0 Å². The molecule has 0 bridgehead atoms. The highest BCUT2D eigenvalue weighted by Gasteiger charge is 2.62. The smallest absolute Gasteiger partial charge is 0.285 e. The third-order valence-corrected chi connectivity index (χ3v) is 8.36. The van der Waals surface area contributed by atoms with Crippen LogP contribution in [0, 0.1) is 5.92 Å². The van der Waals surface area contributed by atoms with Gasteiger partial charge in [0, 0.05) is 29.0 Å². The molecule has 0 saturated heterocycles. The van der Waals surface area contributed by atoms with Crippen molar-refractivity contribution in [2.45, 2.75) is 50.4 Å². The quantitative estimate of drug-likeness (QED) is 0.268. The Morgan fingerprint density at radius 1 is 0.949 bits per heavy atom. The van der Waals surface area contributed by atoms with Gasteiger partial charge in [-0.15, -0.1) is 0 Å². The molecule has 0 radical (unpaired) electrons. The summed E-state index contributed by atoms with van der Waals surface area (Å²) in [5.41, 5.74) is 3.40. The summed E-state index contributed by atoms with van der Waals surface area (Å²) in [7, 11) is 0. The molecule has 198 valence electrons. The number of hydrogen-bond donors (Lipinski definition) is 3. The van der Waals surface area contributed by atoms with Crippen LogP contribution in [0.5, 0.6) is 34.5 Å². The van der Waals surface area contributed by atoms with E-state index in [-0.39, 0.29) is 40.6 Å². The molecule has 0 saturated carbocycles. The van der Waals surface area contributed by atoms with Gasteiger partial charge in [-0.3, -0.25) is 4.79 Å². The zero-order valence-corrected chi connectivity index (χ0v) is 21.8. The van der Waals surface area contributed by atoms with Crippen molar-refractivity contribution in [1.82, 2.24) is 0 Å². The Morgan fingerprint density at radius 3 is 2.54 bits per heavy atom. The Balaban J connectivity index is 1.57. The largest absolute Gasteiger partial charge is 0.508 e. The summed E-state index contributed by atoms with van der Waals surface area (Å²) in [6, 6.07) is 11.6. The van der Waals surface area contributed by atoms with E-state index in [1.165, 1.54) is 6.07 Å². The summed E-state index contributed by atoms with van der Waals surface area (Å²) in [5.74, 6) is -0.835. The topological polar surface area (TPSA) is 105 Å². The molecule has 4 aliphatic rings. The maximum absolute atomic E-state index is 11.8. The molecule has 0 aromatic heterocycles. The molecule has 3 aliphatic heterocycles. The second kappa shape index (κ2) is 7.82. The van der Waals surface area contributed by atoms with E-state index in [9.17, 15) is 20.1 Å². The fraction of sp³-hybridized carbons (Fsp3) is 0.281. The molecule has 3 aromatic rings. The second-order valence-electron chi connectivity index (χ2n) is 11.5. The van der Waals surface area contributed by atoms with Crippen LogP contribution in [-0.4, -0.2) is 27.2 Å². The van der Waals surface area contributed by atoms with Gasteiger partial charge in [-0.05, 0) is 75.2 Å². The first-order valence-corrected chi connectivity index (χ1v) is 13.1. The summed E-state index contributed by atoms with van der Waals surface area (Å²) in [5, 5.41) is 32.3. The summed E-state index contributed by atoms with van der Waals surface area (Å²) in [6.45, 7) is 5.92. The van der Waals surface area contributed by atoms with Gasteiger partial charge in [0.1, 0.15) is 46.4 Å². The van der Waals surface area contributed by atoms with Gasteiger partial charge in [-0.1, -0.05) is 17.7 Å². The number of allylic oxidation sites excluding steroid dienone is 2. The Kier molecular flexibility index (Phi) is 4.75. The van der Waals surface area contributed by atoms with Crippen LogP contribution in [0.1, 0.15) is 71.6 Å². The third-order valence-electron chi connectivity index (χ3n) is 8.36. The molecule has 3 N–H and O–H groups in total. The van der Waals surface area contributed by atoms with Crippen molar-refractivity contribution in [2.75, 3.05) is 0 Å². The normalized spacial score (nSPS) is 26.8. The summed E-state index contributed by atoms with van der Waals surface area (Å²) in [6.07, 6.45) is 7.26. The van der Waals surface area contributed by atoms with Gasteiger partial charge < -0.3 is 29.5 Å². The lowest BCUT2D eigenvalue weighted by molar-refractivity contribution is -0.198. The maximum atomic E-state index is 11.8. The predicted molar refractivity (Wildman–Crippen MR) is 144 cm³/mol. The van der Waals surface area contributed by atoms with E-state index in [0.29, 0.717) is 40.2 Å². The number of rotatable bonds is 2. The first kappa shape index (κ1) is 23.7. The van der Waals surface area contributed by atoms with Gasteiger partial charge in [0.05, 0.1) is 17.0 Å². The zero-order valence-electron chi connectivity index (χ0n) is 21.8. The molecule has 7 rings (SSSR count). The van der Waals surface area contributed by atoms with Crippen molar-refractivity contribution in [2.24, 2.45) is 5.92 Å². The van der Waals surface area contributed by atoms with Crippen LogP contribution in [0.4, 0.5) is 0 Å². The molecule has 0 amide bonds. The number of phenolic OH excluding ortho intramolecular Hbond substituents is 3. The molecule has 0 fully saturated rings. The molecule has 7 nitrogen and oxygen atoms in total. The second-order valence-corrected chi connectivity index (χ2v) is 11.5. The number of hydrogen-bond acceptors (Lipinski definition) is 7. The van der Waals surface area contributed by atoms with Crippen molar-refractivity contribution in [1.29, 1.82) is 0 Å². The van der Waals surface area contributed by atoms with E-state index >= 15 is 0 Å². The third kappa shape index (κ3) is 3.32. The molecule has 7 heteroatoms. The van der Waals surface area contributed by atoms with Gasteiger partial charge in [-0.25, -0.2) is 0 Å². The standard InChI is InChI=1S/C32H28O7/c1-16-10-21-19-5-4-18(34)14-26(19)37-32(23-6-7-24(35)20-8-9-31(2,3)39-30(20)23)29(21)22(11-16)28-25(36)12-17(15-33)13-27(28)38-32/h4-9,11-15,21-22,29,34-36H,10H2,1-3H3/t21-,22-,29-,32?/m1/s1. The highest BCUT2D eigenvalue weighted by molar-refractivity contribution is 5.78. The average molecular weight is 525 g/mol. The molecule has 0 spiro atoms. The van der Waals surface area contributed by atoms with Crippen LogP contribution < -0.4 is 14.2 Å². The number of carbonyl (C=O) groups excluding carboxylic acids is 1. The number of aromatic hydroxyl groups is 3. The molecular weight excluding hydrogens is 496 g/mol. The lowest BCUT2D eigenvalue weighted by Gasteiger charge is -2.55. The van der Waals surface area contributed by atoms with E-state index in [1.807, 2.05) is 32.1 Å². The Bertz CT molecular complexity index is 1630. The fourth-order valence-electron chi connectivity index (χ4n) is 6.80. The van der Waals surface area contributed by atoms with Gasteiger partial charge in [0.2, 0.25) is 0 Å². The number of phenols is 3. The molecule has 4 atom stereocenters. The molecule has 39 heavy (non-hydrogen) atoms. The van der Waals surface area contributed by atoms with E-state index in [2.05, 4.69) is 13.0 Å². The van der Waals surface area contributed by atoms with Crippen LogP contribution in [0.25, 0.3) is 6.08 Å². The monoisotopic (exact) mass is 524 g/mol. The zero-order chi connectivity index (χ0) is 27.3. The van der Waals surface area contributed by atoms with E-state index < -0.39 is 11.4 Å². The SMILES string of the molecule is CC1=C[C@@H]2c3c(O)cc(C=O)cc3OC3(c4ccc(O)c5c4OC(C)(C)C=C5)Oc4cc(O)ccc4[C@@H](C1)[C@H]23.